The minimum Gasteiger partial charge on any atom is -0.311 e. The molecule has 0 bridgehead atoms. The Kier molecular flexibility index (Phi) is 4.28. The molecule has 0 unspecified atom stereocenters. The Labute approximate surface area is 108 Å². The summed E-state index contributed by atoms with van der Waals surface area (Å²) >= 11 is 3.18. The monoisotopic (exact) mass is 297 g/mol. The Morgan fingerprint density at radius 2 is 2.24 bits per heavy atom. The zero-order valence-corrected chi connectivity index (χ0v) is 10.8. The number of aromatic amines is 1. The molecule has 2 rings (SSSR count). The first-order valence-electron chi connectivity index (χ1n) is 5.38. The zero-order valence-electron chi connectivity index (χ0n) is 9.21. The van der Waals surface area contributed by atoms with Gasteiger partial charge in [-0.05, 0) is 52.7 Å². The second-order valence-corrected chi connectivity index (χ2v) is 4.61. The van der Waals surface area contributed by atoms with Crippen molar-refractivity contribution >= 4 is 15.9 Å². The van der Waals surface area contributed by atoms with E-state index in [4.69, 9.17) is 0 Å². The topological polar surface area (TPSA) is 40.7 Å². The van der Waals surface area contributed by atoms with Crippen LogP contribution in [0.5, 0.6) is 0 Å². The molecule has 0 amide bonds. The number of rotatable bonds is 5. The van der Waals surface area contributed by atoms with Gasteiger partial charge in [-0.2, -0.15) is 5.10 Å². The predicted molar refractivity (Wildman–Crippen MR) is 68.1 cm³/mol. The third-order valence-electron chi connectivity index (χ3n) is 2.45. The van der Waals surface area contributed by atoms with Crippen LogP contribution >= 0.6 is 15.9 Å². The Morgan fingerprint density at radius 1 is 1.35 bits per heavy atom. The van der Waals surface area contributed by atoms with Crippen molar-refractivity contribution in [2.75, 3.05) is 6.54 Å². The lowest BCUT2D eigenvalue weighted by atomic mass is 10.1. The van der Waals surface area contributed by atoms with Crippen LogP contribution in [0.3, 0.4) is 0 Å². The molecule has 5 heteroatoms. The van der Waals surface area contributed by atoms with Gasteiger partial charge in [0.1, 0.15) is 5.82 Å². The summed E-state index contributed by atoms with van der Waals surface area (Å²) in [5, 5.41) is 10.0. The molecule has 90 valence electrons. The quantitative estimate of drug-likeness (QED) is 0.833. The molecular formula is C12H13BrFN3. The first kappa shape index (κ1) is 12.3. The minimum absolute atomic E-state index is 0.223. The van der Waals surface area contributed by atoms with E-state index < -0.39 is 0 Å². The van der Waals surface area contributed by atoms with Crippen LogP contribution in [-0.4, -0.2) is 16.7 Å². The van der Waals surface area contributed by atoms with Gasteiger partial charge < -0.3 is 5.32 Å². The molecule has 0 aliphatic heterocycles. The molecule has 2 aromatic rings. The molecule has 0 saturated heterocycles. The molecule has 1 aromatic carbocycles. The summed E-state index contributed by atoms with van der Waals surface area (Å²) in [4.78, 5) is 0. The van der Waals surface area contributed by atoms with Crippen LogP contribution in [0.15, 0.2) is 34.9 Å². The maximum Gasteiger partial charge on any atom is 0.137 e. The highest BCUT2D eigenvalue weighted by atomic mass is 79.9. The van der Waals surface area contributed by atoms with Gasteiger partial charge in [0.2, 0.25) is 0 Å². The van der Waals surface area contributed by atoms with E-state index in [1.807, 2.05) is 12.1 Å². The van der Waals surface area contributed by atoms with E-state index in [1.165, 1.54) is 6.07 Å². The molecule has 0 radical (unpaired) electrons. The van der Waals surface area contributed by atoms with Crippen molar-refractivity contribution in [3.63, 3.8) is 0 Å². The molecule has 2 N–H and O–H groups in total. The number of nitrogens with zero attached hydrogens (tertiary/aromatic N) is 1. The van der Waals surface area contributed by atoms with E-state index in [9.17, 15) is 4.39 Å². The van der Waals surface area contributed by atoms with Crippen molar-refractivity contribution in [3.8, 4) is 0 Å². The van der Waals surface area contributed by atoms with E-state index >= 15 is 0 Å². The summed E-state index contributed by atoms with van der Waals surface area (Å²) < 4.78 is 13.5. The van der Waals surface area contributed by atoms with Gasteiger partial charge in [-0.3, -0.25) is 5.10 Å². The maximum atomic E-state index is 13.0. The van der Waals surface area contributed by atoms with E-state index in [1.54, 1.807) is 12.3 Å². The molecule has 1 aromatic heterocycles. The first-order chi connectivity index (χ1) is 8.25. The summed E-state index contributed by atoms with van der Waals surface area (Å²) in [6.07, 6.45) is 2.60. The fourth-order valence-corrected chi connectivity index (χ4v) is 1.96. The van der Waals surface area contributed by atoms with E-state index in [-0.39, 0.29) is 5.82 Å². The van der Waals surface area contributed by atoms with Gasteiger partial charge in [-0.1, -0.05) is 6.07 Å². The number of hydrogen-bond acceptors (Lipinski definition) is 2. The van der Waals surface area contributed by atoms with Gasteiger partial charge in [0.25, 0.3) is 0 Å². The molecule has 0 fully saturated rings. The van der Waals surface area contributed by atoms with Crippen LogP contribution in [0.2, 0.25) is 0 Å². The van der Waals surface area contributed by atoms with Gasteiger partial charge in [0.05, 0.1) is 4.47 Å². The number of H-pyrrole nitrogens is 1. The third kappa shape index (κ3) is 3.64. The number of nitrogens with one attached hydrogen (secondary N) is 2. The smallest absolute Gasteiger partial charge is 0.137 e. The molecule has 3 nitrogen and oxygen atoms in total. The fourth-order valence-electron chi connectivity index (χ4n) is 1.53. The first-order valence-corrected chi connectivity index (χ1v) is 6.18. The molecule has 0 aliphatic rings. The van der Waals surface area contributed by atoms with Crippen LogP contribution in [0, 0.1) is 5.82 Å². The van der Waals surface area contributed by atoms with Crippen molar-refractivity contribution in [2.45, 2.75) is 13.0 Å². The summed E-state index contributed by atoms with van der Waals surface area (Å²) in [5.74, 6) is -0.223. The van der Waals surface area contributed by atoms with E-state index in [0.717, 1.165) is 30.8 Å². The van der Waals surface area contributed by atoms with Gasteiger partial charge in [0, 0.05) is 18.4 Å². The van der Waals surface area contributed by atoms with Crippen molar-refractivity contribution in [1.82, 2.24) is 15.5 Å². The molecular weight excluding hydrogens is 285 g/mol. The molecule has 0 spiro atoms. The Balaban J connectivity index is 1.76. The number of hydrogen-bond donors (Lipinski definition) is 2. The van der Waals surface area contributed by atoms with Gasteiger partial charge >= 0.3 is 0 Å². The van der Waals surface area contributed by atoms with Gasteiger partial charge in [0.15, 0.2) is 0 Å². The van der Waals surface area contributed by atoms with Crippen molar-refractivity contribution < 1.29 is 4.39 Å². The summed E-state index contributed by atoms with van der Waals surface area (Å²) in [5.41, 5.74) is 2.17. The largest absolute Gasteiger partial charge is 0.311 e. The average Bonchev–Trinajstić information content (AvgIpc) is 2.82. The van der Waals surface area contributed by atoms with Crippen molar-refractivity contribution in [2.24, 2.45) is 0 Å². The maximum absolute atomic E-state index is 13.0. The second kappa shape index (κ2) is 5.93. The normalized spacial score (nSPS) is 10.7. The number of aromatic nitrogens is 2. The second-order valence-electron chi connectivity index (χ2n) is 3.76. The van der Waals surface area contributed by atoms with Crippen LogP contribution in [0.4, 0.5) is 4.39 Å². The van der Waals surface area contributed by atoms with Crippen molar-refractivity contribution in [3.05, 3.63) is 52.0 Å². The lowest BCUT2D eigenvalue weighted by Crippen LogP contribution is -2.16. The SMILES string of the molecule is Fc1ccc(CCNCc2ccn[nH]2)cc1Br. The predicted octanol–water partition coefficient (Wildman–Crippen LogP) is 2.64. The van der Waals surface area contributed by atoms with Crippen LogP contribution in [0.25, 0.3) is 0 Å². The highest BCUT2D eigenvalue weighted by molar-refractivity contribution is 9.10. The highest BCUT2D eigenvalue weighted by Crippen LogP contribution is 2.16. The van der Waals surface area contributed by atoms with Crippen LogP contribution < -0.4 is 5.32 Å². The number of benzene rings is 1. The zero-order chi connectivity index (χ0) is 12.1. The van der Waals surface area contributed by atoms with Gasteiger partial charge in [-0.15, -0.1) is 0 Å². The Bertz CT molecular complexity index is 471. The molecule has 0 atom stereocenters. The molecule has 0 saturated carbocycles. The van der Waals surface area contributed by atoms with E-state index in [2.05, 4.69) is 31.4 Å². The third-order valence-corrected chi connectivity index (χ3v) is 3.06. The van der Waals surface area contributed by atoms with E-state index in [0.29, 0.717) is 4.47 Å². The summed E-state index contributed by atoms with van der Waals surface area (Å²) in [7, 11) is 0. The van der Waals surface area contributed by atoms with Crippen molar-refractivity contribution in [1.29, 1.82) is 0 Å². The molecule has 17 heavy (non-hydrogen) atoms. The standard InChI is InChI=1S/C12H13BrFN3/c13-11-7-9(1-2-12(11)14)3-5-15-8-10-4-6-16-17-10/h1-2,4,6-7,15H,3,5,8H2,(H,16,17). The molecule has 0 aliphatic carbocycles. The minimum atomic E-state index is -0.223. The fraction of sp³-hybridized carbons (Fsp3) is 0.250. The Morgan fingerprint density at radius 3 is 2.94 bits per heavy atom. The number of halogens is 2. The molecule has 1 heterocycles. The lowest BCUT2D eigenvalue weighted by Gasteiger charge is -2.04. The summed E-state index contributed by atoms with van der Waals surface area (Å²) in [6, 6.07) is 7.03. The lowest BCUT2D eigenvalue weighted by molar-refractivity contribution is 0.619. The summed E-state index contributed by atoms with van der Waals surface area (Å²) in [6.45, 7) is 1.61. The van der Waals surface area contributed by atoms with Crippen LogP contribution in [0.1, 0.15) is 11.3 Å². The average molecular weight is 298 g/mol. The highest BCUT2D eigenvalue weighted by Gasteiger charge is 2.00. The van der Waals surface area contributed by atoms with Gasteiger partial charge in [-0.25, -0.2) is 4.39 Å². The van der Waals surface area contributed by atoms with Crippen LogP contribution in [-0.2, 0) is 13.0 Å². The Hall–Kier alpha value is -1.20.